The van der Waals surface area contributed by atoms with Crippen molar-refractivity contribution in [2.24, 2.45) is 0 Å². The summed E-state index contributed by atoms with van der Waals surface area (Å²) in [6.07, 6.45) is 3.02. The van der Waals surface area contributed by atoms with E-state index in [4.69, 9.17) is 4.74 Å². The van der Waals surface area contributed by atoms with E-state index in [1.807, 2.05) is 26.8 Å². The molecule has 1 aliphatic heterocycles. The fourth-order valence-corrected chi connectivity index (χ4v) is 2.41. The number of aromatic nitrogens is 1. The van der Waals surface area contributed by atoms with Crippen molar-refractivity contribution >= 4 is 6.09 Å². The average molecular weight is 280 g/mol. The maximum atomic E-state index is 13.2. The first-order chi connectivity index (χ1) is 9.35. The molecule has 20 heavy (non-hydrogen) atoms. The molecule has 5 heteroatoms. The minimum atomic E-state index is -0.493. The van der Waals surface area contributed by atoms with Crippen molar-refractivity contribution in [3.63, 3.8) is 0 Å². The zero-order chi connectivity index (χ0) is 14.8. The number of carbonyl (C=O) groups excluding carboxylic acids is 1. The molecule has 4 nitrogen and oxygen atoms in total. The first-order valence-electron chi connectivity index (χ1n) is 6.94. The van der Waals surface area contributed by atoms with E-state index in [0.717, 1.165) is 18.4 Å². The molecule has 1 amide bonds. The Morgan fingerprint density at radius 1 is 1.50 bits per heavy atom. The van der Waals surface area contributed by atoms with Crippen LogP contribution in [0.25, 0.3) is 0 Å². The average Bonchev–Trinajstić information content (AvgIpc) is 2.37. The summed E-state index contributed by atoms with van der Waals surface area (Å²) in [4.78, 5) is 17.3. The van der Waals surface area contributed by atoms with Crippen LogP contribution in [0.2, 0.25) is 0 Å². The van der Waals surface area contributed by atoms with Crippen molar-refractivity contribution in [3.8, 4) is 0 Å². The van der Waals surface area contributed by atoms with Crippen molar-refractivity contribution in [2.75, 3.05) is 13.1 Å². The van der Waals surface area contributed by atoms with Gasteiger partial charge in [0.05, 0.1) is 0 Å². The Balaban J connectivity index is 2.03. The second-order valence-electron chi connectivity index (χ2n) is 6.18. The molecule has 1 saturated heterocycles. The number of hydrogen-bond donors (Lipinski definition) is 0. The molecule has 0 N–H and O–H groups in total. The number of amides is 1. The van der Waals surface area contributed by atoms with Gasteiger partial charge >= 0.3 is 6.09 Å². The predicted molar refractivity (Wildman–Crippen MR) is 74.0 cm³/mol. The van der Waals surface area contributed by atoms with Gasteiger partial charge in [-0.3, -0.25) is 0 Å². The number of pyridine rings is 1. The third-order valence-corrected chi connectivity index (χ3v) is 3.30. The molecular formula is C15H21FN2O2. The van der Waals surface area contributed by atoms with Crippen LogP contribution in [0.5, 0.6) is 0 Å². The number of halogens is 1. The van der Waals surface area contributed by atoms with E-state index in [1.54, 1.807) is 4.90 Å². The Kier molecular flexibility index (Phi) is 4.26. The second-order valence-corrected chi connectivity index (χ2v) is 6.18. The SMILES string of the molecule is CC(C)(C)OC(=O)N1CCCC(c2ccnc(F)c2)C1. The summed E-state index contributed by atoms with van der Waals surface area (Å²) in [5, 5.41) is 0. The first-order valence-corrected chi connectivity index (χ1v) is 6.94. The number of hydrogen-bond acceptors (Lipinski definition) is 3. The number of rotatable bonds is 1. The first kappa shape index (κ1) is 14.8. The van der Waals surface area contributed by atoms with E-state index in [9.17, 15) is 9.18 Å². The van der Waals surface area contributed by atoms with Gasteiger partial charge in [0.2, 0.25) is 5.95 Å². The molecule has 2 rings (SSSR count). The quantitative estimate of drug-likeness (QED) is 0.741. The van der Waals surface area contributed by atoms with E-state index < -0.39 is 11.5 Å². The predicted octanol–water partition coefficient (Wildman–Crippen LogP) is 3.34. The van der Waals surface area contributed by atoms with Crippen molar-refractivity contribution in [1.29, 1.82) is 0 Å². The smallest absolute Gasteiger partial charge is 0.410 e. The van der Waals surface area contributed by atoms with Crippen LogP contribution in [0.3, 0.4) is 0 Å². The number of ether oxygens (including phenoxy) is 1. The molecule has 1 atom stereocenters. The highest BCUT2D eigenvalue weighted by Gasteiger charge is 2.28. The molecule has 1 fully saturated rings. The summed E-state index contributed by atoms with van der Waals surface area (Å²) >= 11 is 0. The maximum Gasteiger partial charge on any atom is 0.410 e. The molecule has 1 aromatic rings. The highest BCUT2D eigenvalue weighted by molar-refractivity contribution is 5.68. The lowest BCUT2D eigenvalue weighted by molar-refractivity contribution is 0.0198. The summed E-state index contributed by atoms with van der Waals surface area (Å²) in [5.74, 6) is -0.328. The van der Waals surface area contributed by atoms with Gasteiger partial charge < -0.3 is 9.64 Å². The van der Waals surface area contributed by atoms with Crippen LogP contribution in [0.1, 0.15) is 45.1 Å². The van der Waals surface area contributed by atoms with Gasteiger partial charge in [0.15, 0.2) is 0 Å². The largest absolute Gasteiger partial charge is 0.444 e. The molecule has 0 spiro atoms. The summed E-state index contributed by atoms with van der Waals surface area (Å²) in [7, 11) is 0. The van der Waals surface area contributed by atoms with Gasteiger partial charge in [0, 0.05) is 25.2 Å². The van der Waals surface area contributed by atoms with Gasteiger partial charge in [-0.2, -0.15) is 4.39 Å². The minimum Gasteiger partial charge on any atom is -0.444 e. The molecule has 0 saturated carbocycles. The zero-order valence-corrected chi connectivity index (χ0v) is 12.2. The van der Waals surface area contributed by atoms with Gasteiger partial charge in [-0.1, -0.05) is 0 Å². The van der Waals surface area contributed by atoms with Crippen LogP contribution >= 0.6 is 0 Å². The number of carbonyl (C=O) groups is 1. The van der Waals surface area contributed by atoms with Gasteiger partial charge in [-0.25, -0.2) is 9.78 Å². The lowest BCUT2D eigenvalue weighted by Crippen LogP contribution is -2.42. The standard InChI is InChI=1S/C15H21FN2O2/c1-15(2,3)20-14(19)18-8-4-5-12(10-18)11-6-7-17-13(16)9-11/h6-7,9,12H,4-5,8,10H2,1-3H3. The fraction of sp³-hybridized carbons (Fsp3) is 0.600. The van der Waals surface area contributed by atoms with Gasteiger partial charge in [0.25, 0.3) is 0 Å². The second kappa shape index (κ2) is 5.77. The Labute approximate surface area is 118 Å². The topological polar surface area (TPSA) is 42.4 Å². The fourth-order valence-electron chi connectivity index (χ4n) is 2.41. The van der Waals surface area contributed by atoms with Crippen molar-refractivity contribution < 1.29 is 13.9 Å². The van der Waals surface area contributed by atoms with E-state index in [-0.39, 0.29) is 12.0 Å². The Bertz CT molecular complexity index is 485. The molecule has 0 bridgehead atoms. The molecule has 2 heterocycles. The summed E-state index contributed by atoms with van der Waals surface area (Å²) in [6.45, 7) is 6.82. The molecule has 0 aromatic carbocycles. The summed E-state index contributed by atoms with van der Waals surface area (Å²) in [5.41, 5.74) is 0.401. The molecular weight excluding hydrogens is 259 g/mol. The number of likely N-dealkylation sites (tertiary alicyclic amines) is 1. The van der Waals surface area contributed by atoms with E-state index in [0.29, 0.717) is 13.1 Å². The van der Waals surface area contributed by atoms with Crippen molar-refractivity contribution in [3.05, 3.63) is 29.8 Å². The third kappa shape index (κ3) is 3.92. The molecule has 0 aliphatic carbocycles. The monoisotopic (exact) mass is 280 g/mol. The maximum absolute atomic E-state index is 13.2. The Hall–Kier alpha value is -1.65. The lowest BCUT2D eigenvalue weighted by Gasteiger charge is -2.34. The minimum absolute atomic E-state index is 0.147. The molecule has 110 valence electrons. The van der Waals surface area contributed by atoms with E-state index in [2.05, 4.69) is 4.98 Å². The van der Waals surface area contributed by atoms with Gasteiger partial charge in [0.1, 0.15) is 5.60 Å². The molecule has 1 unspecified atom stereocenters. The normalized spacial score (nSPS) is 19.8. The highest BCUT2D eigenvalue weighted by Crippen LogP contribution is 2.27. The Morgan fingerprint density at radius 3 is 2.90 bits per heavy atom. The van der Waals surface area contributed by atoms with Gasteiger partial charge in [-0.15, -0.1) is 0 Å². The summed E-state index contributed by atoms with van der Waals surface area (Å²) in [6, 6.07) is 3.26. The van der Waals surface area contributed by atoms with E-state index >= 15 is 0 Å². The van der Waals surface area contributed by atoms with Crippen LogP contribution in [0.15, 0.2) is 18.3 Å². The molecule has 1 aliphatic rings. The van der Waals surface area contributed by atoms with Gasteiger partial charge in [-0.05, 0) is 51.3 Å². The van der Waals surface area contributed by atoms with Crippen LogP contribution in [-0.4, -0.2) is 34.7 Å². The molecule has 0 radical (unpaired) electrons. The van der Waals surface area contributed by atoms with E-state index in [1.165, 1.54) is 12.3 Å². The lowest BCUT2D eigenvalue weighted by atomic mass is 9.91. The molecule has 1 aromatic heterocycles. The van der Waals surface area contributed by atoms with Crippen molar-refractivity contribution in [2.45, 2.75) is 45.1 Å². The number of nitrogens with zero attached hydrogens (tertiary/aromatic N) is 2. The number of piperidine rings is 1. The zero-order valence-electron chi connectivity index (χ0n) is 12.2. The highest BCUT2D eigenvalue weighted by atomic mass is 19.1. The van der Waals surface area contributed by atoms with Crippen LogP contribution < -0.4 is 0 Å². The van der Waals surface area contributed by atoms with Crippen LogP contribution in [0.4, 0.5) is 9.18 Å². The van der Waals surface area contributed by atoms with Crippen molar-refractivity contribution in [1.82, 2.24) is 9.88 Å². The third-order valence-electron chi connectivity index (χ3n) is 3.30. The Morgan fingerprint density at radius 2 is 2.25 bits per heavy atom. The van der Waals surface area contributed by atoms with Crippen LogP contribution in [0, 0.1) is 5.95 Å². The summed E-state index contributed by atoms with van der Waals surface area (Å²) < 4.78 is 18.6. The van der Waals surface area contributed by atoms with Crippen LogP contribution in [-0.2, 0) is 4.74 Å².